The summed E-state index contributed by atoms with van der Waals surface area (Å²) in [6.45, 7) is 3.11. The minimum atomic E-state index is 0.510. The molecule has 0 spiro atoms. The van der Waals surface area contributed by atoms with Crippen molar-refractivity contribution in [1.29, 1.82) is 0 Å². The Kier molecular flexibility index (Phi) is 7.57. The van der Waals surface area contributed by atoms with Gasteiger partial charge in [0.2, 0.25) is 11.7 Å². The first-order chi connectivity index (χ1) is 19.1. The van der Waals surface area contributed by atoms with E-state index in [2.05, 4.69) is 20.1 Å². The molecule has 1 fully saturated rings. The standard InChI is InChI=1S/C28H32N6O5/c1-35-21-16-19-20(17-22(21)36-2)31-28(34-12-10-33(11-13-34)25-8-6-7-9-29-25)32-27(19)30-18-14-23(37-3)26(39-5)24(15-18)38-4/h6-9,14-17H,10-13H2,1-5H3,(H,30,31,32). The Bertz CT molecular complexity index is 1420. The molecule has 39 heavy (non-hydrogen) atoms. The summed E-state index contributed by atoms with van der Waals surface area (Å²) in [4.78, 5) is 18.8. The molecule has 0 amide bonds. The summed E-state index contributed by atoms with van der Waals surface area (Å²) in [6, 6.07) is 13.4. The van der Waals surface area contributed by atoms with Gasteiger partial charge in [-0.3, -0.25) is 0 Å². The molecular weight excluding hydrogens is 500 g/mol. The lowest BCUT2D eigenvalue weighted by Gasteiger charge is -2.35. The van der Waals surface area contributed by atoms with Crippen molar-refractivity contribution in [3.63, 3.8) is 0 Å². The highest BCUT2D eigenvalue weighted by molar-refractivity contribution is 5.94. The van der Waals surface area contributed by atoms with Crippen molar-refractivity contribution in [3.05, 3.63) is 48.7 Å². The average molecular weight is 533 g/mol. The van der Waals surface area contributed by atoms with Crippen LogP contribution in [0.4, 0.5) is 23.3 Å². The van der Waals surface area contributed by atoms with Crippen molar-refractivity contribution >= 4 is 34.2 Å². The van der Waals surface area contributed by atoms with E-state index in [1.807, 2.05) is 48.7 Å². The van der Waals surface area contributed by atoms with E-state index in [1.54, 1.807) is 35.5 Å². The van der Waals surface area contributed by atoms with E-state index in [0.717, 1.165) is 42.9 Å². The Hall–Kier alpha value is -4.67. The van der Waals surface area contributed by atoms with Gasteiger partial charge in [-0.25, -0.2) is 9.97 Å². The van der Waals surface area contributed by atoms with Crippen LogP contribution in [0, 0.1) is 0 Å². The highest BCUT2D eigenvalue weighted by Crippen LogP contribution is 2.42. The largest absolute Gasteiger partial charge is 0.493 e. The molecule has 11 nitrogen and oxygen atoms in total. The third kappa shape index (κ3) is 5.20. The van der Waals surface area contributed by atoms with E-state index in [9.17, 15) is 0 Å². The summed E-state index contributed by atoms with van der Waals surface area (Å²) < 4.78 is 27.7. The van der Waals surface area contributed by atoms with Crippen molar-refractivity contribution in [2.75, 3.05) is 76.8 Å². The molecule has 5 rings (SSSR count). The molecule has 4 aromatic rings. The number of hydrogen-bond acceptors (Lipinski definition) is 11. The molecule has 2 aromatic carbocycles. The third-order valence-corrected chi connectivity index (χ3v) is 6.65. The maximum atomic E-state index is 5.57. The molecular formula is C28H32N6O5. The van der Waals surface area contributed by atoms with Gasteiger partial charge in [0.05, 0.1) is 41.1 Å². The second-order valence-electron chi connectivity index (χ2n) is 8.80. The van der Waals surface area contributed by atoms with Crippen LogP contribution in [-0.2, 0) is 0 Å². The van der Waals surface area contributed by atoms with Crippen molar-refractivity contribution in [2.45, 2.75) is 0 Å². The number of nitrogens with zero attached hydrogens (tertiary/aromatic N) is 5. The van der Waals surface area contributed by atoms with Crippen LogP contribution in [-0.4, -0.2) is 76.7 Å². The summed E-state index contributed by atoms with van der Waals surface area (Å²) in [5.74, 6) is 4.94. The molecule has 11 heteroatoms. The highest BCUT2D eigenvalue weighted by Gasteiger charge is 2.23. The molecule has 0 bridgehead atoms. The number of ether oxygens (including phenoxy) is 5. The van der Waals surface area contributed by atoms with Crippen molar-refractivity contribution in [2.24, 2.45) is 0 Å². The van der Waals surface area contributed by atoms with Crippen LogP contribution >= 0.6 is 0 Å². The molecule has 0 atom stereocenters. The normalized spacial score (nSPS) is 13.3. The highest BCUT2D eigenvalue weighted by atomic mass is 16.5. The van der Waals surface area contributed by atoms with Gasteiger partial charge in [-0.1, -0.05) is 6.07 Å². The molecule has 2 aromatic heterocycles. The van der Waals surface area contributed by atoms with Crippen LogP contribution < -0.4 is 38.8 Å². The first-order valence-corrected chi connectivity index (χ1v) is 12.5. The predicted molar refractivity (Wildman–Crippen MR) is 151 cm³/mol. The van der Waals surface area contributed by atoms with Gasteiger partial charge in [0.15, 0.2) is 23.0 Å². The predicted octanol–water partition coefficient (Wildman–Crippen LogP) is 4.14. The Balaban J connectivity index is 1.54. The van der Waals surface area contributed by atoms with Crippen LogP contribution in [0.5, 0.6) is 28.7 Å². The second-order valence-corrected chi connectivity index (χ2v) is 8.80. The van der Waals surface area contributed by atoms with Crippen LogP contribution in [0.3, 0.4) is 0 Å². The zero-order chi connectivity index (χ0) is 27.4. The van der Waals surface area contributed by atoms with Crippen LogP contribution in [0.2, 0.25) is 0 Å². The molecule has 204 valence electrons. The summed E-state index contributed by atoms with van der Waals surface area (Å²) in [5, 5.41) is 4.22. The summed E-state index contributed by atoms with van der Waals surface area (Å²) in [6.07, 6.45) is 1.82. The number of pyridine rings is 1. The summed E-state index contributed by atoms with van der Waals surface area (Å²) in [5.41, 5.74) is 1.44. The number of rotatable bonds is 9. The SMILES string of the molecule is COc1cc2nc(N3CCN(c4ccccn4)CC3)nc(Nc3cc(OC)c(OC)c(OC)c3)c2cc1OC. The van der Waals surface area contributed by atoms with Gasteiger partial charge < -0.3 is 38.8 Å². The quantitative estimate of drug-likeness (QED) is 0.336. The molecule has 1 aliphatic heterocycles. The average Bonchev–Trinajstić information content (AvgIpc) is 3.00. The maximum Gasteiger partial charge on any atom is 0.228 e. The topological polar surface area (TPSA) is 103 Å². The van der Waals surface area contributed by atoms with Gasteiger partial charge in [-0.15, -0.1) is 0 Å². The van der Waals surface area contributed by atoms with Crippen molar-refractivity contribution < 1.29 is 23.7 Å². The summed E-state index contributed by atoms with van der Waals surface area (Å²) in [7, 11) is 7.96. The number of fused-ring (bicyclic) bond motifs is 1. The van der Waals surface area contributed by atoms with E-state index in [1.165, 1.54) is 0 Å². The molecule has 0 unspecified atom stereocenters. The van der Waals surface area contributed by atoms with Gasteiger partial charge in [-0.2, -0.15) is 4.98 Å². The van der Waals surface area contributed by atoms with Crippen molar-refractivity contribution in [3.8, 4) is 28.7 Å². The number of hydrogen-bond donors (Lipinski definition) is 1. The molecule has 1 aliphatic rings. The number of benzene rings is 2. The van der Waals surface area contributed by atoms with Crippen LogP contribution in [0.25, 0.3) is 10.9 Å². The van der Waals surface area contributed by atoms with E-state index in [0.29, 0.717) is 46.2 Å². The molecule has 1 saturated heterocycles. The molecule has 3 heterocycles. The van der Waals surface area contributed by atoms with Gasteiger partial charge in [0.25, 0.3) is 0 Å². The van der Waals surface area contributed by atoms with Gasteiger partial charge in [0, 0.05) is 61.6 Å². The van der Waals surface area contributed by atoms with Gasteiger partial charge in [-0.05, 0) is 18.2 Å². The van der Waals surface area contributed by atoms with E-state index in [4.69, 9.17) is 33.7 Å². The van der Waals surface area contributed by atoms with E-state index in [-0.39, 0.29) is 0 Å². The Morgan fingerprint density at radius 1 is 0.692 bits per heavy atom. The van der Waals surface area contributed by atoms with Crippen molar-refractivity contribution in [1.82, 2.24) is 15.0 Å². The Morgan fingerprint density at radius 3 is 1.92 bits per heavy atom. The first-order valence-electron chi connectivity index (χ1n) is 12.5. The van der Waals surface area contributed by atoms with E-state index >= 15 is 0 Å². The lowest BCUT2D eigenvalue weighted by molar-refractivity contribution is 0.324. The zero-order valence-electron chi connectivity index (χ0n) is 22.7. The Morgan fingerprint density at radius 2 is 1.33 bits per heavy atom. The smallest absolute Gasteiger partial charge is 0.228 e. The molecule has 0 saturated carbocycles. The van der Waals surface area contributed by atoms with Crippen LogP contribution in [0.1, 0.15) is 0 Å². The lowest BCUT2D eigenvalue weighted by Crippen LogP contribution is -2.47. The fourth-order valence-corrected chi connectivity index (χ4v) is 4.65. The van der Waals surface area contributed by atoms with Crippen LogP contribution in [0.15, 0.2) is 48.7 Å². The van der Waals surface area contributed by atoms with Gasteiger partial charge >= 0.3 is 0 Å². The van der Waals surface area contributed by atoms with E-state index < -0.39 is 0 Å². The fourth-order valence-electron chi connectivity index (χ4n) is 4.65. The lowest BCUT2D eigenvalue weighted by atomic mass is 10.2. The Labute approximate surface area is 227 Å². The number of nitrogens with one attached hydrogen (secondary N) is 1. The molecule has 0 aliphatic carbocycles. The maximum absolute atomic E-state index is 5.57. The summed E-state index contributed by atoms with van der Waals surface area (Å²) >= 11 is 0. The second kappa shape index (κ2) is 11.4. The number of aromatic nitrogens is 3. The van der Waals surface area contributed by atoms with Gasteiger partial charge in [0.1, 0.15) is 11.6 Å². The number of methoxy groups -OCH3 is 5. The number of anilines is 4. The minimum Gasteiger partial charge on any atom is -0.493 e. The number of piperazine rings is 1. The molecule has 1 N–H and O–H groups in total. The first kappa shape index (κ1) is 26.0. The third-order valence-electron chi connectivity index (χ3n) is 6.65. The zero-order valence-corrected chi connectivity index (χ0v) is 22.7. The minimum absolute atomic E-state index is 0.510. The fraction of sp³-hybridized carbons (Fsp3) is 0.321. The molecule has 0 radical (unpaired) electrons. The monoisotopic (exact) mass is 532 g/mol.